The first kappa shape index (κ1) is 10.6. The Morgan fingerprint density at radius 3 is 2.80 bits per heavy atom. The summed E-state index contributed by atoms with van der Waals surface area (Å²) in [5.74, 6) is 0.520. The molecule has 2 rings (SSSR count). The van der Waals surface area contributed by atoms with Crippen LogP contribution in [0.4, 0.5) is 4.39 Å². The summed E-state index contributed by atoms with van der Waals surface area (Å²) in [5, 5.41) is 0. The molecule has 1 heterocycles. The molecule has 0 radical (unpaired) electrons. The molecule has 0 spiro atoms. The summed E-state index contributed by atoms with van der Waals surface area (Å²) in [4.78, 5) is 3.57. The first-order valence-electron chi connectivity index (χ1n) is 5.95. The molecule has 1 aromatic heterocycles. The molecular weight excluding hydrogens is 189 g/mol. The van der Waals surface area contributed by atoms with E-state index >= 15 is 0 Å². The quantitative estimate of drug-likeness (QED) is 0.688. The summed E-state index contributed by atoms with van der Waals surface area (Å²) >= 11 is 0. The minimum atomic E-state index is -0.351. The summed E-state index contributed by atoms with van der Waals surface area (Å²) in [6.07, 6.45) is 10.7. The molecule has 0 amide bonds. The third kappa shape index (κ3) is 3.29. The van der Waals surface area contributed by atoms with Crippen LogP contribution in [0.2, 0.25) is 0 Å². The minimum Gasteiger partial charge on any atom is -0.228 e. The van der Waals surface area contributed by atoms with Crippen molar-refractivity contribution in [3.8, 4) is 0 Å². The van der Waals surface area contributed by atoms with Crippen LogP contribution >= 0.6 is 0 Å². The number of aryl methyl sites for hydroxylation is 1. The van der Waals surface area contributed by atoms with E-state index in [4.69, 9.17) is 0 Å². The standard InChI is InChI=1S/C13H18FN/c14-13-10-12(8-9-15-13)7-6-11-4-2-1-3-5-11/h8-11H,1-7H2. The fourth-order valence-corrected chi connectivity index (χ4v) is 2.44. The van der Waals surface area contributed by atoms with Gasteiger partial charge in [0.1, 0.15) is 0 Å². The average Bonchev–Trinajstić information content (AvgIpc) is 2.28. The van der Waals surface area contributed by atoms with Gasteiger partial charge in [0.2, 0.25) is 5.95 Å². The van der Waals surface area contributed by atoms with Gasteiger partial charge in [0.25, 0.3) is 0 Å². The SMILES string of the molecule is Fc1cc(CCC2CCCCC2)ccn1. The lowest BCUT2D eigenvalue weighted by Gasteiger charge is -2.21. The molecule has 0 atom stereocenters. The van der Waals surface area contributed by atoms with E-state index in [1.54, 1.807) is 12.3 Å². The maximum Gasteiger partial charge on any atom is 0.213 e. The summed E-state index contributed by atoms with van der Waals surface area (Å²) in [6, 6.07) is 3.48. The Morgan fingerprint density at radius 2 is 2.07 bits per heavy atom. The Bertz CT molecular complexity index is 305. The monoisotopic (exact) mass is 207 g/mol. The molecule has 2 heteroatoms. The Morgan fingerprint density at radius 1 is 1.27 bits per heavy atom. The van der Waals surface area contributed by atoms with Gasteiger partial charge >= 0.3 is 0 Å². The number of halogens is 1. The number of pyridine rings is 1. The van der Waals surface area contributed by atoms with Gasteiger partial charge in [0, 0.05) is 6.20 Å². The van der Waals surface area contributed by atoms with Crippen molar-refractivity contribution in [2.45, 2.75) is 44.9 Å². The Hall–Kier alpha value is -0.920. The molecule has 1 nitrogen and oxygen atoms in total. The predicted molar refractivity (Wildman–Crippen MR) is 59.1 cm³/mol. The maximum absolute atomic E-state index is 12.8. The normalized spacial score (nSPS) is 17.9. The van der Waals surface area contributed by atoms with Crippen LogP contribution < -0.4 is 0 Å². The Kier molecular flexibility index (Phi) is 3.70. The predicted octanol–water partition coefficient (Wildman–Crippen LogP) is 3.73. The first-order chi connectivity index (χ1) is 7.34. The van der Waals surface area contributed by atoms with Crippen molar-refractivity contribution in [3.63, 3.8) is 0 Å². The van der Waals surface area contributed by atoms with E-state index in [9.17, 15) is 4.39 Å². The van der Waals surface area contributed by atoms with Crippen LogP contribution in [0.1, 0.15) is 44.1 Å². The number of rotatable bonds is 3. The van der Waals surface area contributed by atoms with Gasteiger partial charge in [-0.25, -0.2) is 4.98 Å². The number of aromatic nitrogens is 1. The molecule has 15 heavy (non-hydrogen) atoms. The van der Waals surface area contributed by atoms with E-state index < -0.39 is 0 Å². The Balaban J connectivity index is 1.81. The zero-order valence-electron chi connectivity index (χ0n) is 9.08. The van der Waals surface area contributed by atoms with Crippen molar-refractivity contribution < 1.29 is 4.39 Å². The van der Waals surface area contributed by atoms with Crippen LogP contribution in [0, 0.1) is 11.9 Å². The van der Waals surface area contributed by atoms with Crippen molar-refractivity contribution in [2.75, 3.05) is 0 Å². The fourth-order valence-electron chi connectivity index (χ4n) is 2.44. The molecular formula is C13H18FN. The summed E-state index contributed by atoms with van der Waals surface area (Å²) in [6.45, 7) is 0. The molecule has 0 bridgehead atoms. The number of hydrogen-bond donors (Lipinski definition) is 0. The van der Waals surface area contributed by atoms with Gasteiger partial charge in [-0.15, -0.1) is 0 Å². The smallest absolute Gasteiger partial charge is 0.213 e. The van der Waals surface area contributed by atoms with Crippen LogP contribution in [-0.2, 0) is 6.42 Å². The van der Waals surface area contributed by atoms with Crippen LogP contribution in [0.3, 0.4) is 0 Å². The Labute approximate surface area is 90.7 Å². The zero-order chi connectivity index (χ0) is 10.5. The van der Waals surface area contributed by atoms with Crippen molar-refractivity contribution in [2.24, 2.45) is 5.92 Å². The van der Waals surface area contributed by atoms with E-state index in [-0.39, 0.29) is 5.95 Å². The van der Waals surface area contributed by atoms with Crippen LogP contribution in [0.25, 0.3) is 0 Å². The second-order valence-electron chi connectivity index (χ2n) is 4.53. The van der Waals surface area contributed by atoms with Gasteiger partial charge in [-0.3, -0.25) is 0 Å². The third-order valence-electron chi connectivity index (χ3n) is 3.36. The second kappa shape index (κ2) is 5.24. The van der Waals surface area contributed by atoms with E-state index in [2.05, 4.69) is 4.98 Å². The van der Waals surface area contributed by atoms with Crippen molar-refractivity contribution in [1.82, 2.24) is 4.98 Å². The van der Waals surface area contributed by atoms with E-state index in [0.29, 0.717) is 0 Å². The molecule has 1 aliphatic rings. The number of nitrogens with zero attached hydrogens (tertiary/aromatic N) is 1. The molecule has 1 saturated carbocycles. The van der Waals surface area contributed by atoms with Gasteiger partial charge < -0.3 is 0 Å². The number of hydrogen-bond acceptors (Lipinski definition) is 1. The van der Waals surface area contributed by atoms with Gasteiger partial charge in [-0.05, 0) is 36.5 Å². The van der Waals surface area contributed by atoms with Gasteiger partial charge in [0.05, 0.1) is 0 Å². The molecule has 0 aliphatic heterocycles. The molecule has 0 saturated heterocycles. The van der Waals surface area contributed by atoms with Crippen molar-refractivity contribution >= 4 is 0 Å². The highest BCUT2D eigenvalue weighted by Crippen LogP contribution is 2.27. The van der Waals surface area contributed by atoms with Crippen LogP contribution in [-0.4, -0.2) is 4.98 Å². The van der Waals surface area contributed by atoms with Crippen molar-refractivity contribution in [1.29, 1.82) is 0 Å². The molecule has 0 unspecified atom stereocenters. The summed E-state index contributed by atoms with van der Waals surface area (Å²) in [5.41, 5.74) is 1.09. The highest BCUT2D eigenvalue weighted by Gasteiger charge is 2.13. The fraction of sp³-hybridized carbons (Fsp3) is 0.615. The molecule has 1 aromatic rings. The van der Waals surface area contributed by atoms with Crippen LogP contribution in [0.15, 0.2) is 18.3 Å². The summed E-state index contributed by atoms with van der Waals surface area (Å²) < 4.78 is 12.8. The molecule has 0 aromatic carbocycles. The van der Waals surface area contributed by atoms with Gasteiger partial charge in [-0.2, -0.15) is 4.39 Å². The van der Waals surface area contributed by atoms with E-state index in [0.717, 1.165) is 17.9 Å². The largest absolute Gasteiger partial charge is 0.228 e. The van der Waals surface area contributed by atoms with Gasteiger partial charge in [0.15, 0.2) is 0 Å². The zero-order valence-corrected chi connectivity index (χ0v) is 9.08. The highest BCUT2D eigenvalue weighted by atomic mass is 19.1. The first-order valence-corrected chi connectivity index (χ1v) is 5.95. The minimum absolute atomic E-state index is 0.351. The van der Waals surface area contributed by atoms with Crippen LogP contribution in [0.5, 0.6) is 0 Å². The highest BCUT2D eigenvalue weighted by molar-refractivity contribution is 5.10. The lowest BCUT2D eigenvalue weighted by Crippen LogP contribution is -2.07. The lowest BCUT2D eigenvalue weighted by molar-refractivity contribution is 0.339. The molecule has 1 fully saturated rings. The van der Waals surface area contributed by atoms with E-state index in [1.165, 1.54) is 38.5 Å². The summed E-state index contributed by atoms with van der Waals surface area (Å²) in [7, 11) is 0. The molecule has 0 N–H and O–H groups in total. The van der Waals surface area contributed by atoms with E-state index in [1.807, 2.05) is 6.07 Å². The lowest BCUT2D eigenvalue weighted by atomic mass is 9.85. The maximum atomic E-state index is 12.8. The van der Waals surface area contributed by atoms with Gasteiger partial charge in [-0.1, -0.05) is 32.1 Å². The van der Waals surface area contributed by atoms with Crippen molar-refractivity contribution in [3.05, 3.63) is 29.8 Å². The second-order valence-corrected chi connectivity index (χ2v) is 4.53. The topological polar surface area (TPSA) is 12.9 Å². The molecule has 82 valence electrons. The molecule has 1 aliphatic carbocycles. The third-order valence-corrected chi connectivity index (χ3v) is 3.36. The average molecular weight is 207 g/mol.